The molecule has 1 atom stereocenters. The molecule has 2 saturated heterocycles. The van der Waals surface area contributed by atoms with E-state index >= 15 is 0 Å². The summed E-state index contributed by atoms with van der Waals surface area (Å²) < 4.78 is 5.61. The zero-order chi connectivity index (χ0) is 17.8. The summed E-state index contributed by atoms with van der Waals surface area (Å²) in [6, 6.07) is 10.6. The maximum Gasteiger partial charge on any atom is 0.0543 e. The molecule has 4 rings (SSSR count). The maximum atomic E-state index is 5.61. The SMILES string of the molecule is COCC1CN(Cc2cccs2)CC12CCN(Cc1ccccn1)CC2. The number of nitrogens with zero attached hydrogens (tertiary/aromatic N) is 3. The number of aromatic nitrogens is 1. The Hall–Kier alpha value is -1.27. The Kier molecular flexibility index (Phi) is 5.69. The molecule has 0 N–H and O–H groups in total. The van der Waals surface area contributed by atoms with Crippen molar-refractivity contribution in [2.75, 3.05) is 39.9 Å². The minimum atomic E-state index is 0.424. The van der Waals surface area contributed by atoms with Gasteiger partial charge < -0.3 is 4.74 Å². The summed E-state index contributed by atoms with van der Waals surface area (Å²) in [7, 11) is 1.85. The molecule has 26 heavy (non-hydrogen) atoms. The van der Waals surface area contributed by atoms with Crippen molar-refractivity contribution in [2.24, 2.45) is 11.3 Å². The summed E-state index contributed by atoms with van der Waals surface area (Å²) in [5.41, 5.74) is 1.61. The van der Waals surface area contributed by atoms with Crippen LogP contribution in [0.15, 0.2) is 41.9 Å². The third kappa shape index (κ3) is 4.01. The van der Waals surface area contributed by atoms with Crippen LogP contribution in [0.5, 0.6) is 0 Å². The van der Waals surface area contributed by atoms with E-state index in [1.807, 2.05) is 30.7 Å². The van der Waals surface area contributed by atoms with Gasteiger partial charge in [0.2, 0.25) is 0 Å². The molecule has 140 valence electrons. The van der Waals surface area contributed by atoms with Crippen molar-refractivity contribution < 1.29 is 4.74 Å². The van der Waals surface area contributed by atoms with Crippen LogP contribution in [-0.4, -0.2) is 54.7 Å². The minimum absolute atomic E-state index is 0.424. The number of pyridine rings is 1. The van der Waals surface area contributed by atoms with Gasteiger partial charge in [-0.1, -0.05) is 12.1 Å². The molecule has 1 unspecified atom stereocenters. The van der Waals surface area contributed by atoms with Crippen molar-refractivity contribution >= 4 is 11.3 Å². The van der Waals surface area contributed by atoms with E-state index in [0.717, 1.165) is 19.7 Å². The van der Waals surface area contributed by atoms with Crippen molar-refractivity contribution in [3.8, 4) is 0 Å². The number of methoxy groups -OCH3 is 1. The first-order valence-electron chi connectivity index (χ1n) is 9.63. The van der Waals surface area contributed by atoms with Gasteiger partial charge in [-0.3, -0.25) is 14.8 Å². The fraction of sp³-hybridized carbons (Fsp3) is 0.571. The van der Waals surface area contributed by atoms with Gasteiger partial charge in [0, 0.05) is 50.3 Å². The molecule has 1 spiro atoms. The van der Waals surface area contributed by atoms with Crippen LogP contribution in [0.3, 0.4) is 0 Å². The van der Waals surface area contributed by atoms with Gasteiger partial charge in [-0.2, -0.15) is 0 Å². The van der Waals surface area contributed by atoms with Crippen LogP contribution in [0, 0.1) is 11.3 Å². The Morgan fingerprint density at radius 2 is 2.04 bits per heavy atom. The first-order chi connectivity index (χ1) is 12.8. The normalized spacial score (nSPS) is 23.7. The quantitative estimate of drug-likeness (QED) is 0.777. The first kappa shape index (κ1) is 18.1. The second-order valence-electron chi connectivity index (χ2n) is 7.86. The fourth-order valence-electron chi connectivity index (χ4n) is 4.76. The largest absolute Gasteiger partial charge is 0.384 e. The fourth-order valence-corrected chi connectivity index (χ4v) is 5.51. The highest BCUT2D eigenvalue weighted by molar-refractivity contribution is 7.09. The van der Waals surface area contributed by atoms with Crippen molar-refractivity contribution in [1.82, 2.24) is 14.8 Å². The molecule has 4 heterocycles. The monoisotopic (exact) mass is 371 g/mol. The Labute approximate surface area is 160 Å². The van der Waals surface area contributed by atoms with E-state index in [1.54, 1.807) is 0 Å². The molecule has 2 aromatic heterocycles. The average molecular weight is 372 g/mol. The lowest BCUT2D eigenvalue weighted by atomic mass is 9.71. The summed E-state index contributed by atoms with van der Waals surface area (Å²) in [5, 5.41) is 2.18. The summed E-state index contributed by atoms with van der Waals surface area (Å²) in [6.45, 7) is 7.69. The van der Waals surface area contributed by atoms with Crippen LogP contribution in [0.2, 0.25) is 0 Å². The molecule has 2 aromatic rings. The Morgan fingerprint density at radius 3 is 2.73 bits per heavy atom. The second kappa shape index (κ2) is 8.17. The summed E-state index contributed by atoms with van der Waals surface area (Å²) in [4.78, 5) is 11.2. The summed E-state index contributed by atoms with van der Waals surface area (Å²) in [5.74, 6) is 0.657. The van der Waals surface area contributed by atoms with E-state index in [4.69, 9.17) is 4.74 Å². The number of hydrogen-bond donors (Lipinski definition) is 0. The standard InChI is InChI=1S/C21H29N3OS/c1-25-16-18-13-24(15-20-6-4-12-26-20)17-21(18)7-10-23(11-8-21)14-19-5-2-3-9-22-19/h2-6,9,12,18H,7-8,10-11,13-17H2,1H3. The zero-order valence-electron chi connectivity index (χ0n) is 15.6. The highest BCUT2D eigenvalue weighted by Crippen LogP contribution is 2.45. The van der Waals surface area contributed by atoms with Gasteiger partial charge in [0.05, 0.1) is 12.3 Å². The molecular formula is C21H29N3OS. The van der Waals surface area contributed by atoms with E-state index in [0.29, 0.717) is 11.3 Å². The van der Waals surface area contributed by atoms with Gasteiger partial charge in [-0.05, 0) is 54.9 Å². The van der Waals surface area contributed by atoms with Crippen molar-refractivity contribution in [2.45, 2.75) is 25.9 Å². The number of hydrogen-bond acceptors (Lipinski definition) is 5. The van der Waals surface area contributed by atoms with Crippen LogP contribution in [0.1, 0.15) is 23.4 Å². The van der Waals surface area contributed by atoms with Gasteiger partial charge in [-0.15, -0.1) is 11.3 Å². The molecule has 0 aromatic carbocycles. The van der Waals surface area contributed by atoms with Gasteiger partial charge in [0.25, 0.3) is 0 Å². The van der Waals surface area contributed by atoms with Crippen LogP contribution in [-0.2, 0) is 17.8 Å². The van der Waals surface area contributed by atoms with Crippen molar-refractivity contribution in [1.29, 1.82) is 0 Å². The maximum absolute atomic E-state index is 5.61. The minimum Gasteiger partial charge on any atom is -0.384 e. The molecule has 0 aliphatic carbocycles. The highest BCUT2D eigenvalue weighted by Gasteiger charge is 2.47. The lowest BCUT2D eigenvalue weighted by Crippen LogP contribution is -2.45. The smallest absolute Gasteiger partial charge is 0.0543 e. The van der Waals surface area contributed by atoms with E-state index in [-0.39, 0.29) is 0 Å². The Bertz CT molecular complexity index is 668. The first-order valence-corrected chi connectivity index (χ1v) is 10.5. The molecule has 2 aliphatic rings. The zero-order valence-corrected chi connectivity index (χ0v) is 16.5. The predicted octanol–water partition coefficient (Wildman–Crippen LogP) is 3.50. The number of likely N-dealkylation sites (tertiary alicyclic amines) is 2. The average Bonchev–Trinajstić information content (AvgIpc) is 3.28. The number of piperidine rings is 1. The van der Waals surface area contributed by atoms with Crippen LogP contribution in [0.25, 0.3) is 0 Å². The van der Waals surface area contributed by atoms with Gasteiger partial charge in [0.15, 0.2) is 0 Å². The second-order valence-corrected chi connectivity index (χ2v) is 8.89. The van der Waals surface area contributed by atoms with Crippen molar-refractivity contribution in [3.05, 3.63) is 52.5 Å². The number of thiophene rings is 1. The van der Waals surface area contributed by atoms with Gasteiger partial charge in [-0.25, -0.2) is 0 Å². The third-order valence-electron chi connectivity index (χ3n) is 6.17. The molecular weight excluding hydrogens is 342 g/mol. The number of rotatable bonds is 6. The summed E-state index contributed by atoms with van der Waals surface area (Å²) in [6.07, 6.45) is 4.44. The van der Waals surface area contributed by atoms with E-state index in [1.165, 1.54) is 49.6 Å². The van der Waals surface area contributed by atoms with Gasteiger partial charge in [0.1, 0.15) is 0 Å². The third-order valence-corrected chi connectivity index (χ3v) is 7.04. The summed E-state index contributed by atoms with van der Waals surface area (Å²) >= 11 is 1.87. The van der Waals surface area contributed by atoms with E-state index in [2.05, 4.69) is 44.4 Å². The molecule has 2 fully saturated rings. The van der Waals surface area contributed by atoms with Crippen LogP contribution >= 0.6 is 11.3 Å². The van der Waals surface area contributed by atoms with E-state index in [9.17, 15) is 0 Å². The topological polar surface area (TPSA) is 28.6 Å². The van der Waals surface area contributed by atoms with Crippen LogP contribution < -0.4 is 0 Å². The molecule has 2 aliphatic heterocycles. The highest BCUT2D eigenvalue weighted by atomic mass is 32.1. The Morgan fingerprint density at radius 1 is 1.15 bits per heavy atom. The Balaban J connectivity index is 1.38. The molecule has 0 radical (unpaired) electrons. The molecule has 4 nitrogen and oxygen atoms in total. The molecule has 0 amide bonds. The molecule has 0 bridgehead atoms. The molecule has 5 heteroatoms. The van der Waals surface area contributed by atoms with E-state index < -0.39 is 0 Å². The molecule has 0 saturated carbocycles. The van der Waals surface area contributed by atoms with Gasteiger partial charge >= 0.3 is 0 Å². The van der Waals surface area contributed by atoms with Crippen molar-refractivity contribution in [3.63, 3.8) is 0 Å². The number of ether oxygens (including phenoxy) is 1. The lowest BCUT2D eigenvalue weighted by molar-refractivity contribution is 0.0347. The predicted molar refractivity (Wildman–Crippen MR) is 106 cm³/mol. The lowest BCUT2D eigenvalue weighted by Gasteiger charge is -2.42. The van der Waals surface area contributed by atoms with Crippen LogP contribution in [0.4, 0.5) is 0 Å².